The molecular formula is C59H37NO. The van der Waals surface area contributed by atoms with Crippen LogP contribution in [0.1, 0.15) is 22.3 Å². The van der Waals surface area contributed by atoms with E-state index in [0.29, 0.717) is 0 Å². The maximum atomic E-state index is 6.50. The van der Waals surface area contributed by atoms with Gasteiger partial charge in [-0.3, -0.25) is 0 Å². The quantitative estimate of drug-likeness (QED) is 0.173. The summed E-state index contributed by atoms with van der Waals surface area (Å²) in [5.74, 6) is 0. The molecule has 0 bridgehead atoms. The first-order valence-corrected chi connectivity index (χ1v) is 21.1. The Morgan fingerprint density at radius 1 is 0.311 bits per heavy atom. The first-order valence-electron chi connectivity index (χ1n) is 21.1. The molecule has 10 aromatic carbocycles. The van der Waals surface area contributed by atoms with E-state index >= 15 is 0 Å². The fourth-order valence-corrected chi connectivity index (χ4v) is 10.8. The highest BCUT2D eigenvalue weighted by Gasteiger charge is 2.52. The Bertz CT molecular complexity index is 3510. The molecule has 0 unspecified atom stereocenters. The van der Waals surface area contributed by atoms with E-state index in [4.69, 9.17) is 4.42 Å². The van der Waals surface area contributed by atoms with Crippen LogP contribution in [0.15, 0.2) is 229 Å². The van der Waals surface area contributed by atoms with Crippen LogP contribution in [-0.4, -0.2) is 0 Å². The van der Waals surface area contributed by atoms with Gasteiger partial charge in [0.2, 0.25) is 0 Å². The molecule has 0 amide bonds. The van der Waals surface area contributed by atoms with Gasteiger partial charge in [0.25, 0.3) is 0 Å². The molecule has 2 aliphatic rings. The summed E-state index contributed by atoms with van der Waals surface area (Å²) in [5.41, 5.74) is 19.7. The van der Waals surface area contributed by atoms with Crippen molar-refractivity contribution >= 4 is 49.8 Å². The minimum Gasteiger partial charge on any atom is -0.456 e. The summed E-state index contributed by atoms with van der Waals surface area (Å²) < 4.78 is 6.50. The average Bonchev–Trinajstić information content (AvgIpc) is 3.95. The number of hydrogen-bond donors (Lipinski definition) is 0. The van der Waals surface area contributed by atoms with Gasteiger partial charge in [-0.1, -0.05) is 182 Å². The minimum absolute atomic E-state index is 0.462. The van der Waals surface area contributed by atoms with Gasteiger partial charge in [-0.05, 0) is 103 Å². The lowest BCUT2D eigenvalue weighted by Crippen LogP contribution is -2.26. The van der Waals surface area contributed by atoms with Crippen LogP contribution in [0, 0.1) is 0 Å². The molecule has 61 heavy (non-hydrogen) atoms. The van der Waals surface area contributed by atoms with E-state index in [1.54, 1.807) is 0 Å². The molecule has 13 rings (SSSR count). The topological polar surface area (TPSA) is 16.4 Å². The lowest BCUT2D eigenvalue weighted by atomic mass is 9.70. The summed E-state index contributed by atoms with van der Waals surface area (Å²) in [6.07, 6.45) is 0. The van der Waals surface area contributed by atoms with Crippen LogP contribution in [0.25, 0.3) is 77.2 Å². The predicted molar refractivity (Wildman–Crippen MR) is 253 cm³/mol. The lowest BCUT2D eigenvalue weighted by molar-refractivity contribution is 0.669. The molecule has 2 heteroatoms. The zero-order chi connectivity index (χ0) is 40.1. The van der Waals surface area contributed by atoms with Gasteiger partial charge < -0.3 is 9.32 Å². The second-order valence-electron chi connectivity index (χ2n) is 16.3. The second-order valence-corrected chi connectivity index (χ2v) is 16.3. The van der Waals surface area contributed by atoms with Crippen molar-refractivity contribution in [3.63, 3.8) is 0 Å². The number of anilines is 3. The number of para-hydroxylation sites is 2. The third-order valence-corrected chi connectivity index (χ3v) is 13.3. The van der Waals surface area contributed by atoms with Crippen molar-refractivity contribution < 1.29 is 4.42 Å². The third kappa shape index (κ3) is 4.79. The van der Waals surface area contributed by atoms with Crippen LogP contribution in [0.5, 0.6) is 0 Å². The molecule has 0 radical (unpaired) electrons. The van der Waals surface area contributed by atoms with Gasteiger partial charge in [-0.15, -0.1) is 0 Å². The number of nitrogens with zero attached hydrogens (tertiary/aromatic N) is 1. The highest BCUT2D eigenvalue weighted by molar-refractivity contribution is 6.12. The van der Waals surface area contributed by atoms with Crippen molar-refractivity contribution in [3.05, 3.63) is 247 Å². The molecule has 1 aromatic heterocycles. The fourth-order valence-electron chi connectivity index (χ4n) is 10.8. The molecule has 1 spiro atoms. The molecule has 0 fully saturated rings. The first-order chi connectivity index (χ1) is 30.3. The van der Waals surface area contributed by atoms with E-state index in [-0.39, 0.29) is 0 Å². The number of benzene rings is 10. The molecule has 2 nitrogen and oxygen atoms in total. The van der Waals surface area contributed by atoms with Crippen molar-refractivity contribution in [2.75, 3.05) is 4.90 Å². The summed E-state index contributed by atoms with van der Waals surface area (Å²) >= 11 is 0. The van der Waals surface area contributed by atoms with Crippen molar-refractivity contribution in [3.8, 4) is 44.5 Å². The summed E-state index contributed by atoms with van der Waals surface area (Å²) in [5, 5.41) is 4.62. The molecule has 0 atom stereocenters. The Morgan fingerprint density at radius 3 is 1.49 bits per heavy atom. The molecule has 0 saturated carbocycles. The Balaban J connectivity index is 1.10. The number of hydrogen-bond acceptors (Lipinski definition) is 2. The van der Waals surface area contributed by atoms with Crippen LogP contribution in [0.3, 0.4) is 0 Å². The van der Waals surface area contributed by atoms with Crippen LogP contribution in [-0.2, 0) is 5.41 Å². The average molecular weight is 776 g/mol. The Labute approximate surface area is 354 Å². The SMILES string of the molecule is c1ccc(-c2ccccc2N(c2ccccc2-c2ccc3oc4cc5ccccc5cc4c3c2)c2cccc3c2-c2ccccc2C32c3ccccc3-c3ccccc32)cc1. The lowest BCUT2D eigenvalue weighted by Gasteiger charge is -2.33. The Kier molecular flexibility index (Phi) is 7.26. The maximum absolute atomic E-state index is 6.50. The van der Waals surface area contributed by atoms with Gasteiger partial charge in [-0.2, -0.15) is 0 Å². The standard InChI is InChI=1S/C59H37NO/c1-2-17-38(18-3-1)42-21-9-14-30-53(42)60(54-31-15-10-22-43(54)41-33-34-56-47(36-41)48-35-39-19-4-5-20-40(39)37-57(48)61-56)55-32-16-29-52-58(55)46-25-8-13-28-51(46)59(52)49-26-11-6-23-44(49)45-24-7-12-27-50(45)59/h1-37H. The molecule has 1 heterocycles. The summed E-state index contributed by atoms with van der Waals surface area (Å²) in [7, 11) is 0. The largest absolute Gasteiger partial charge is 0.456 e. The molecule has 2 aliphatic carbocycles. The van der Waals surface area contributed by atoms with Crippen molar-refractivity contribution in [1.29, 1.82) is 0 Å². The molecule has 0 saturated heterocycles. The van der Waals surface area contributed by atoms with Crippen LogP contribution < -0.4 is 4.90 Å². The van der Waals surface area contributed by atoms with Gasteiger partial charge in [0, 0.05) is 27.5 Å². The maximum Gasteiger partial charge on any atom is 0.136 e. The second kappa shape index (κ2) is 13.0. The van der Waals surface area contributed by atoms with Crippen molar-refractivity contribution in [2.24, 2.45) is 0 Å². The monoisotopic (exact) mass is 775 g/mol. The highest BCUT2D eigenvalue weighted by Crippen LogP contribution is 2.65. The fraction of sp³-hybridized carbons (Fsp3) is 0.0169. The van der Waals surface area contributed by atoms with Crippen LogP contribution >= 0.6 is 0 Å². The minimum atomic E-state index is -0.462. The van der Waals surface area contributed by atoms with E-state index in [9.17, 15) is 0 Å². The number of rotatable bonds is 5. The van der Waals surface area contributed by atoms with Gasteiger partial charge >= 0.3 is 0 Å². The van der Waals surface area contributed by atoms with Gasteiger partial charge in [0.05, 0.1) is 22.5 Å². The third-order valence-electron chi connectivity index (χ3n) is 13.3. The Morgan fingerprint density at radius 2 is 0.803 bits per heavy atom. The molecule has 0 aliphatic heterocycles. The van der Waals surface area contributed by atoms with Crippen molar-refractivity contribution in [2.45, 2.75) is 5.41 Å². The number of fused-ring (bicyclic) bond motifs is 14. The smallest absolute Gasteiger partial charge is 0.136 e. The van der Waals surface area contributed by atoms with E-state index in [1.165, 1.54) is 60.8 Å². The first kappa shape index (κ1) is 34.0. The molecule has 284 valence electrons. The van der Waals surface area contributed by atoms with E-state index < -0.39 is 5.41 Å². The zero-order valence-electron chi connectivity index (χ0n) is 33.2. The zero-order valence-corrected chi connectivity index (χ0v) is 33.2. The highest BCUT2D eigenvalue weighted by atomic mass is 16.3. The summed E-state index contributed by atoms with van der Waals surface area (Å²) in [4.78, 5) is 2.53. The number of furan rings is 1. The van der Waals surface area contributed by atoms with E-state index in [2.05, 4.69) is 229 Å². The molecular weight excluding hydrogens is 739 g/mol. The van der Waals surface area contributed by atoms with E-state index in [0.717, 1.165) is 55.7 Å². The van der Waals surface area contributed by atoms with E-state index in [1.807, 2.05) is 0 Å². The van der Waals surface area contributed by atoms with Crippen LogP contribution in [0.2, 0.25) is 0 Å². The van der Waals surface area contributed by atoms with Gasteiger partial charge in [0.1, 0.15) is 11.2 Å². The van der Waals surface area contributed by atoms with Gasteiger partial charge in [0.15, 0.2) is 0 Å². The van der Waals surface area contributed by atoms with Crippen molar-refractivity contribution in [1.82, 2.24) is 0 Å². The Hall–Kier alpha value is -7.94. The van der Waals surface area contributed by atoms with Gasteiger partial charge in [-0.25, -0.2) is 0 Å². The summed E-state index contributed by atoms with van der Waals surface area (Å²) in [6, 6.07) is 82.4. The summed E-state index contributed by atoms with van der Waals surface area (Å²) in [6.45, 7) is 0. The normalized spacial score (nSPS) is 13.0. The predicted octanol–water partition coefficient (Wildman–Crippen LogP) is 15.9. The van der Waals surface area contributed by atoms with Crippen LogP contribution in [0.4, 0.5) is 17.1 Å². The molecule has 0 N–H and O–H groups in total. The molecule has 11 aromatic rings.